The smallest absolute Gasteiger partial charge is 0.282 e. The van der Waals surface area contributed by atoms with Gasteiger partial charge < -0.3 is 5.32 Å². The van der Waals surface area contributed by atoms with Gasteiger partial charge in [0.25, 0.3) is 5.69 Å². The van der Waals surface area contributed by atoms with E-state index in [1.807, 2.05) is 28.7 Å². The van der Waals surface area contributed by atoms with Crippen molar-refractivity contribution in [2.24, 2.45) is 0 Å². The fraction of sp³-hybridized carbons (Fsp3) is 0. The maximum absolute atomic E-state index is 10.7. The zero-order chi connectivity index (χ0) is 14.7. The molecule has 7 heteroatoms. The van der Waals surface area contributed by atoms with Gasteiger partial charge in [-0.15, -0.1) is 0 Å². The Hall–Kier alpha value is -1.85. The number of nitrogens with one attached hydrogen (secondary N) is 1. The van der Waals surface area contributed by atoms with Crippen LogP contribution in [-0.2, 0) is 0 Å². The number of hydrogen-bond donors (Lipinski definition) is 1. The summed E-state index contributed by atoms with van der Waals surface area (Å²) < 4.78 is 0.530. The van der Waals surface area contributed by atoms with E-state index in [-0.39, 0.29) is 5.69 Å². The predicted octanol–water partition coefficient (Wildman–Crippen LogP) is 4.47. The van der Waals surface area contributed by atoms with E-state index in [1.165, 1.54) is 6.07 Å². The third-order valence-electron chi connectivity index (χ3n) is 2.52. The van der Waals surface area contributed by atoms with Gasteiger partial charge in [-0.25, -0.2) is 0 Å². The highest BCUT2D eigenvalue weighted by Gasteiger charge is 2.12. The molecule has 20 heavy (non-hydrogen) atoms. The van der Waals surface area contributed by atoms with Crippen molar-refractivity contribution in [3.8, 4) is 6.07 Å². The third-order valence-corrected chi connectivity index (χ3v) is 3.70. The molecular weight excluding hydrogens is 393 g/mol. The fourth-order valence-electron chi connectivity index (χ4n) is 1.57. The van der Waals surface area contributed by atoms with Crippen LogP contribution in [0.25, 0.3) is 0 Å². The van der Waals surface area contributed by atoms with Crippen molar-refractivity contribution in [1.82, 2.24) is 0 Å². The van der Waals surface area contributed by atoms with Crippen LogP contribution >= 0.6 is 34.2 Å². The Labute approximate surface area is 133 Å². The summed E-state index contributed by atoms with van der Waals surface area (Å²) in [6.45, 7) is 0. The second-order valence-electron chi connectivity index (χ2n) is 3.85. The molecular formula is C13H7ClIN3O2. The minimum Gasteiger partial charge on any atom is -0.354 e. The summed E-state index contributed by atoms with van der Waals surface area (Å²) in [4.78, 5) is 10.3. The molecule has 0 radical (unpaired) electrons. The topological polar surface area (TPSA) is 79.0 Å². The number of benzene rings is 2. The van der Waals surface area contributed by atoms with Crippen molar-refractivity contribution in [2.45, 2.75) is 0 Å². The molecule has 0 aliphatic heterocycles. The maximum Gasteiger partial charge on any atom is 0.282 e. The first-order valence-electron chi connectivity index (χ1n) is 5.42. The van der Waals surface area contributed by atoms with Crippen LogP contribution in [-0.4, -0.2) is 4.92 Å². The number of halogens is 2. The van der Waals surface area contributed by atoms with Crippen molar-refractivity contribution >= 4 is 51.3 Å². The lowest BCUT2D eigenvalue weighted by Gasteiger charge is -2.09. The second kappa shape index (κ2) is 6.07. The zero-order valence-corrected chi connectivity index (χ0v) is 12.8. The van der Waals surface area contributed by atoms with E-state index in [9.17, 15) is 10.1 Å². The predicted molar refractivity (Wildman–Crippen MR) is 85.3 cm³/mol. The van der Waals surface area contributed by atoms with Crippen LogP contribution in [0.5, 0.6) is 0 Å². The van der Waals surface area contributed by atoms with Crippen LogP contribution in [0.15, 0.2) is 36.4 Å². The van der Waals surface area contributed by atoms with Gasteiger partial charge >= 0.3 is 0 Å². The lowest BCUT2D eigenvalue weighted by molar-refractivity contribution is -0.385. The zero-order valence-electron chi connectivity index (χ0n) is 9.93. The molecule has 0 spiro atoms. The number of nitro benzene ring substituents is 1. The van der Waals surface area contributed by atoms with Crippen LogP contribution in [0, 0.1) is 25.0 Å². The molecule has 0 unspecified atom stereocenters. The molecule has 0 aliphatic carbocycles. The van der Waals surface area contributed by atoms with E-state index in [4.69, 9.17) is 16.9 Å². The molecule has 2 aromatic carbocycles. The highest BCUT2D eigenvalue weighted by molar-refractivity contribution is 14.1. The van der Waals surface area contributed by atoms with E-state index in [2.05, 4.69) is 5.32 Å². The standard InChI is InChI=1S/C13H7ClIN3O2/c14-10-5-8(7-16)1-3-12(10)17-9-2-4-13(18(19)20)11(15)6-9/h1-6,17H. The molecule has 0 fully saturated rings. The highest BCUT2D eigenvalue weighted by atomic mass is 127. The Morgan fingerprint density at radius 2 is 2.05 bits per heavy atom. The van der Waals surface area contributed by atoms with Crippen LogP contribution in [0.1, 0.15) is 5.56 Å². The summed E-state index contributed by atoms with van der Waals surface area (Å²) in [5.41, 5.74) is 1.85. The first kappa shape index (κ1) is 14.6. The number of nitriles is 1. The van der Waals surface area contributed by atoms with Gasteiger partial charge in [-0.1, -0.05) is 11.6 Å². The lowest BCUT2D eigenvalue weighted by Crippen LogP contribution is -1.95. The summed E-state index contributed by atoms with van der Waals surface area (Å²) in [6.07, 6.45) is 0. The van der Waals surface area contributed by atoms with Gasteiger partial charge in [-0.05, 0) is 52.9 Å². The minimum atomic E-state index is -0.430. The maximum atomic E-state index is 10.7. The van der Waals surface area contributed by atoms with E-state index < -0.39 is 4.92 Å². The van der Waals surface area contributed by atoms with Gasteiger partial charge in [0.1, 0.15) is 0 Å². The number of hydrogen-bond acceptors (Lipinski definition) is 4. The van der Waals surface area contributed by atoms with Crippen molar-refractivity contribution < 1.29 is 4.92 Å². The lowest BCUT2D eigenvalue weighted by atomic mass is 10.2. The molecule has 1 N–H and O–H groups in total. The Kier molecular flexibility index (Phi) is 4.42. The summed E-state index contributed by atoms with van der Waals surface area (Å²) in [5.74, 6) is 0. The Morgan fingerprint density at radius 3 is 2.60 bits per heavy atom. The quantitative estimate of drug-likeness (QED) is 0.469. The average molecular weight is 400 g/mol. The Morgan fingerprint density at radius 1 is 1.30 bits per heavy atom. The molecule has 0 saturated carbocycles. The first-order valence-corrected chi connectivity index (χ1v) is 6.87. The molecule has 0 aromatic heterocycles. The monoisotopic (exact) mass is 399 g/mol. The van der Waals surface area contributed by atoms with E-state index in [1.54, 1.807) is 30.3 Å². The van der Waals surface area contributed by atoms with Crippen LogP contribution in [0.3, 0.4) is 0 Å². The van der Waals surface area contributed by atoms with Gasteiger partial charge in [-0.3, -0.25) is 10.1 Å². The third kappa shape index (κ3) is 3.18. The van der Waals surface area contributed by atoms with Gasteiger partial charge in [0.05, 0.1) is 30.8 Å². The molecule has 0 amide bonds. The molecule has 0 heterocycles. The summed E-state index contributed by atoms with van der Waals surface area (Å²) in [5, 5.41) is 23.0. The molecule has 0 bridgehead atoms. The number of rotatable bonds is 3. The van der Waals surface area contributed by atoms with E-state index in [0.29, 0.717) is 25.5 Å². The number of anilines is 2. The van der Waals surface area contributed by atoms with Gasteiger partial charge in [0.2, 0.25) is 0 Å². The van der Waals surface area contributed by atoms with Crippen molar-refractivity contribution in [3.63, 3.8) is 0 Å². The molecule has 0 atom stereocenters. The molecule has 0 aliphatic rings. The molecule has 100 valence electrons. The van der Waals surface area contributed by atoms with E-state index in [0.717, 1.165) is 0 Å². The number of nitrogens with zero attached hydrogens (tertiary/aromatic N) is 2. The van der Waals surface area contributed by atoms with Gasteiger partial charge in [-0.2, -0.15) is 5.26 Å². The Bertz CT molecular complexity index is 728. The summed E-state index contributed by atoms with van der Waals surface area (Å²) in [6, 6.07) is 11.6. The SMILES string of the molecule is N#Cc1ccc(Nc2ccc([N+](=O)[O-])c(I)c2)c(Cl)c1. The normalized spacial score (nSPS) is 9.85. The minimum absolute atomic E-state index is 0.0575. The molecule has 2 aromatic rings. The summed E-state index contributed by atoms with van der Waals surface area (Å²) >= 11 is 7.96. The van der Waals surface area contributed by atoms with Crippen molar-refractivity contribution in [1.29, 1.82) is 5.26 Å². The Balaban J connectivity index is 2.29. The fourth-order valence-corrected chi connectivity index (χ4v) is 2.51. The van der Waals surface area contributed by atoms with Gasteiger partial charge in [0.15, 0.2) is 0 Å². The molecule has 2 rings (SSSR count). The van der Waals surface area contributed by atoms with E-state index >= 15 is 0 Å². The first-order chi connectivity index (χ1) is 9.51. The van der Waals surface area contributed by atoms with Crippen molar-refractivity contribution in [2.75, 3.05) is 5.32 Å². The van der Waals surface area contributed by atoms with Crippen LogP contribution in [0.4, 0.5) is 17.1 Å². The van der Waals surface area contributed by atoms with Crippen molar-refractivity contribution in [3.05, 3.63) is 60.7 Å². The summed E-state index contributed by atoms with van der Waals surface area (Å²) in [7, 11) is 0. The molecule has 0 saturated heterocycles. The molecule has 5 nitrogen and oxygen atoms in total. The van der Waals surface area contributed by atoms with Gasteiger partial charge in [0, 0.05) is 11.8 Å². The average Bonchev–Trinajstić information content (AvgIpc) is 2.40. The highest BCUT2D eigenvalue weighted by Crippen LogP contribution is 2.29. The van der Waals surface area contributed by atoms with Crippen LogP contribution in [0.2, 0.25) is 5.02 Å². The second-order valence-corrected chi connectivity index (χ2v) is 5.42. The van der Waals surface area contributed by atoms with Crippen LogP contribution < -0.4 is 5.32 Å². The number of nitro groups is 1. The largest absolute Gasteiger partial charge is 0.354 e.